The molecule has 1 N–H and O–H groups in total. The number of hydrogen-bond acceptors (Lipinski definition) is 1. The standard InChI is InChI=1S/C16H22F2O/c1-11-9-13(15(18)10-14(11)17)16(19)12-7-5-3-2-4-6-8-12/h9-10,12,16,19H,2-8H2,1H3. The monoisotopic (exact) mass is 268 g/mol. The highest BCUT2D eigenvalue weighted by Gasteiger charge is 2.24. The summed E-state index contributed by atoms with van der Waals surface area (Å²) >= 11 is 0. The first-order chi connectivity index (χ1) is 9.09. The molecule has 2 rings (SSSR count). The Morgan fingerprint density at radius 1 is 1.00 bits per heavy atom. The first-order valence-electron chi connectivity index (χ1n) is 7.23. The maximum atomic E-state index is 13.8. The Labute approximate surface area is 113 Å². The summed E-state index contributed by atoms with van der Waals surface area (Å²) in [5.74, 6) is -1.08. The molecule has 1 nitrogen and oxygen atoms in total. The number of hydrogen-bond donors (Lipinski definition) is 1. The predicted octanol–water partition coefficient (Wildman–Crippen LogP) is 4.67. The van der Waals surface area contributed by atoms with E-state index in [1.807, 2.05) is 0 Å². The molecular weight excluding hydrogens is 246 g/mol. The van der Waals surface area contributed by atoms with Crippen LogP contribution in [0.4, 0.5) is 8.78 Å². The largest absolute Gasteiger partial charge is 0.388 e. The zero-order chi connectivity index (χ0) is 13.8. The van der Waals surface area contributed by atoms with Crippen LogP contribution in [0.5, 0.6) is 0 Å². The van der Waals surface area contributed by atoms with E-state index in [-0.39, 0.29) is 11.5 Å². The van der Waals surface area contributed by atoms with E-state index in [0.717, 1.165) is 31.7 Å². The van der Waals surface area contributed by atoms with Crippen molar-refractivity contribution in [3.63, 3.8) is 0 Å². The van der Waals surface area contributed by atoms with E-state index < -0.39 is 17.7 Å². The van der Waals surface area contributed by atoms with Gasteiger partial charge in [-0.1, -0.05) is 32.1 Å². The van der Waals surface area contributed by atoms with Crippen LogP contribution in [-0.4, -0.2) is 5.11 Å². The van der Waals surface area contributed by atoms with Gasteiger partial charge in [0, 0.05) is 11.6 Å². The van der Waals surface area contributed by atoms with Gasteiger partial charge in [0.25, 0.3) is 0 Å². The highest BCUT2D eigenvalue weighted by molar-refractivity contribution is 5.27. The van der Waals surface area contributed by atoms with Crippen LogP contribution in [0.1, 0.15) is 62.2 Å². The lowest BCUT2D eigenvalue weighted by Crippen LogP contribution is -2.16. The summed E-state index contributed by atoms with van der Waals surface area (Å²) < 4.78 is 27.1. The lowest BCUT2D eigenvalue weighted by Gasteiger charge is -2.25. The van der Waals surface area contributed by atoms with Gasteiger partial charge in [-0.3, -0.25) is 0 Å². The van der Waals surface area contributed by atoms with Gasteiger partial charge in [0.15, 0.2) is 0 Å². The maximum Gasteiger partial charge on any atom is 0.131 e. The topological polar surface area (TPSA) is 20.2 Å². The number of benzene rings is 1. The van der Waals surface area contributed by atoms with Crippen LogP contribution in [0, 0.1) is 24.5 Å². The quantitative estimate of drug-likeness (QED) is 0.826. The Hall–Kier alpha value is -0.960. The van der Waals surface area contributed by atoms with Gasteiger partial charge in [-0.2, -0.15) is 0 Å². The van der Waals surface area contributed by atoms with Crippen LogP contribution >= 0.6 is 0 Å². The van der Waals surface area contributed by atoms with Crippen LogP contribution in [0.2, 0.25) is 0 Å². The van der Waals surface area contributed by atoms with Crippen molar-refractivity contribution >= 4 is 0 Å². The van der Waals surface area contributed by atoms with E-state index >= 15 is 0 Å². The van der Waals surface area contributed by atoms with E-state index in [1.54, 1.807) is 6.92 Å². The Kier molecular flexibility index (Phi) is 4.92. The van der Waals surface area contributed by atoms with Gasteiger partial charge in [-0.05, 0) is 37.3 Å². The van der Waals surface area contributed by atoms with Gasteiger partial charge >= 0.3 is 0 Å². The molecule has 1 aromatic carbocycles. The Morgan fingerprint density at radius 3 is 2.21 bits per heavy atom. The molecule has 1 atom stereocenters. The predicted molar refractivity (Wildman–Crippen MR) is 71.9 cm³/mol. The van der Waals surface area contributed by atoms with Gasteiger partial charge < -0.3 is 5.11 Å². The Balaban J connectivity index is 2.17. The average molecular weight is 268 g/mol. The van der Waals surface area contributed by atoms with Crippen molar-refractivity contribution in [3.8, 4) is 0 Å². The number of aryl methyl sites for hydroxylation is 1. The molecule has 106 valence electrons. The molecule has 0 saturated heterocycles. The minimum Gasteiger partial charge on any atom is -0.388 e. The SMILES string of the molecule is Cc1cc(C(O)C2CCCCCCC2)c(F)cc1F. The van der Waals surface area contributed by atoms with Gasteiger partial charge in [-0.15, -0.1) is 0 Å². The van der Waals surface area contributed by atoms with Crippen molar-refractivity contribution < 1.29 is 13.9 Å². The molecule has 1 aliphatic rings. The Bertz CT molecular complexity index is 423. The summed E-state index contributed by atoms with van der Waals surface area (Å²) in [6.07, 6.45) is 6.85. The molecule has 0 heterocycles. The van der Waals surface area contributed by atoms with Gasteiger partial charge in [0.2, 0.25) is 0 Å². The highest BCUT2D eigenvalue weighted by atomic mass is 19.1. The minimum atomic E-state index is -0.808. The van der Waals surface area contributed by atoms with Gasteiger partial charge in [0.05, 0.1) is 6.10 Å². The van der Waals surface area contributed by atoms with Gasteiger partial charge in [0.1, 0.15) is 11.6 Å². The van der Waals surface area contributed by atoms with E-state index in [1.165, 1.54) is 25.3 Å². The molecule has 1 aromatic rings. The van der Waals surface area contributed by atoms with Crippen molar-refractivity contribution in [2.75, 3.05) is 0 Å². The van der Waals surface area contributed by atoms with Crippen molar-refractivity contribution in [3.05, 3.63) is 34.9 Å². The summed E-state index contributed by atoms with van der Waals surface area (Å²) in [6, 6.07) is 2.34. The second-order valence-electron chi connectivity index (χ2n) is 5.67. The zero-order valence-corrected chi connectivity index (χ0v) is 11.5. The van der Waals surface area contributed by atoms with Gasteiger partial charge in [-0.25, -0.2) is 8.78 Å². The van der Waals surface area contributed by atoms with Crippen molar-refractivity contribution in [1.29, 1.82) is 0 Å². The molecule has 1 unspecified atom stereocenters. The third-order valence-corrected chi connectivity index (χ3v) is 4.19. The van der Waals surface area contributed by atoms with Crippen molar-refractivity contribution in [1.82, 2.24) is 0 Å². The van der Waals surface area contributed by atoms with E-state index in [2.05, 4.69) is 0 Å². The first kappa shape index (κ1) is 14.4. The molecule has 0 aliphatic heterocycles. The van der Waals surface area contributed by atoms with Crippen LogP contribution in [0.3, 0.4) is 0 Å². The lowest BCUT2D eigenvalue weighted by molar-refractivity contribution is 0.0877. The smallest absolute Gasteiger partial charge is 0.131 e. The fraction of sp³-hybridized carbons (Fsp3) is 0.625. The number of aliphatic hydroxyl groups excluding tert-OH is 1. The summed E-state index contributed by atoms with van der Waals surface area (Å²) in [5.41, 5.74) is 0.644. The van der Waals surface area contributed by atoms with E-state index in [4.69, 9.17) is 0 Å². The maximum absolute atomic E-state index is 13.8. The summed E-state index contributed by atoms with van der Waals surface area (Å²) in [7, 11) is 0. The molecule has 0 radical (unpaired) electrons. The number of aliphatic hydroxyl groups is 1. The first-order valence-corrected chi connectivity index (χ1v) is 7.23. The fourth-order valence-electron chi connectivity index (χ4n) is 2.96. The molecule has 0 aromatic heterocycles. The molecule has 3 heteroatoms. The van der Waals surface area contributed by atoms with Crippen LogP contribution < -0.4 is 0 Å². The molecule has 0 spiro atoms. The molecule has 1 aliphatic carbocycles. The van der Waals surface area contributed by atoms with E-state index in [0.29, 0.717) is 5.56 Å². The van der Waals surface area contributed by atoms with Crippen molar-refractivity contribution in [2.45, 2.75) is 58.0 Å². The van der Waals surface area contributed by atoms with Crippen LogP contribution in [0.25, 0.3) is 0 Å². The number of halogens is 2. The Morgan fingerprint density at radius 2 is 1.58 bits per heavy atom. The zero-order valence-electron chi connectivity index (χ0n) is 11.5. The number of rotatable bonds is 2. The van der Waals surface area contributed by atoms with Crippen molar-refractivity contribution in [2.24, 2.45) is 5.92 Å². The highest BCUT2D eigenvalue weighted by Crippen LogP contribution is 2.34. The summed E-state index contributed by atoms with van der Waals surface area (Å²) in [5, 5.41) is 10.4. The summed E-state index contributed by atoms with van der Waals surface area (Å²) in [6.45, 7) is 1.60. The third-order valence-electron chi connectivity index (χ3n) is 4.19. The molecule has 0 amide bonds. The normalized spacial score (nSPS) is 19.8. The second kappa shape index (κ2) is 6.47. The molecule has 1 fully saturated rings. The minimum absolute atomic E-state index is 0.0969. The molecule has 1 saturated carbocycles. The second-order valence-corrected chi connectivity index (χ2v) is 5.67. The van der Waals surface area contributed by atoms with E-state index in [9.17, 15) is 13.9 Å². The third kappa shape index (κ3) is 3.53. The average Bonchev–Trinajstić information content (AvgIpc) is 2.32. The molecule has 19 heavy (non-hydrogen) atoms. The van der Waals surface area contributed by atoms with Crippen LogP contribution in [0.15, 0.2) is 12.1 Å². The lowest BCUT2D eigenvalue weighted by atomic mass is 9.84. The summed E-state index contributed by atoms with van der Waals surface area (Å²) in [4.78, 5) is 0. The fourth-order valence-corrected chi connectivity index (χ4v) is 2.96. The molecular formula is C16H22F2O. The van der Waals surface area contributed by atoms with Crippen LogP contribution in [-0.2, 0) is 0 Å². The molecule has 0 bridgehead atoms.